The highest BCUT2D eigenvalue weighted by Crippen LogP contribution is 2.19. The third-order valence-electron chi connectivity index (χ3n) is 1.55. The van der Waals surface area contributed by atoms with E-state index >= 15 is 0 Å². The Morgan fingerprint density at radius 2 is 2.00 bits per heavy atom. The lowest BCUT2D eigenvalue weighted by Crippen LogP contribution is -1.76. The van der Waals surface area contributed by atoms with Gasteiger partial charge in [-0.25, -0.2) is 0 Å². The molecule has 0 spiro atoms. The summed E-state index contributed by atoms with van der Waals surface area (Å²) in [6, 6.07) is 8.30. The van der Waals surface area contributed by atoms with Crippen molar-refractivity contribution in [1.82, 2.24) is 0 Å². The van der Waals surface area contributed by atoms with Gasteiger partial charge in [0.2, 0.25) is 0 Å². The molecule has 0 saturated carbocycles. The van der Waals surface area contributed by atoms with Crippen LogP contribution in [-0.4, -0.2) is 5.75 Å². The topological polar surface area (TPSA) is 0 Å². The molecule has 0 aromatic heterocycles. The predicted octanol–water partition coefficient (Wildman–Crippen LogP) is 3.63. The first-order chi connectivity index (χ1) is 5.86. The van der Waals surface area contributed by atoms with E-state index in [2.05, 4.69) is 19.1 Å². The third kappa shape index (κ3) is 2.74. The van der Waals surface area contributed by atoms with Crippen LogP contribution in [0, 0.1) is 6.58 Å². The van der Waals surface area contributed by atoms with Gasteiger partial charge in [-0.3, -0.25) is 0 Å². The molecule has 0 aliphatic carbocycles. The molecule has 12 heavy (non-hydrogen) atoms. The highest BCUT2D eigenvalue weighted by Gasteiger charge is 1.91. The summed E-state index contributed by atoms with van der Waals surface area (Å²) >= 11 is 1.88. The van der Waals surface area contributed by atoms with Crippen molar-refractivity contribution in [2.24, 2.45) is 0 Å². The first-order valence-electron chi connectivity index (χ1n) is 4.14. The predicted molar refractivity (Wildman–Crippen MR) is 56.2 cm³/mol. The molecular weight excluding hydrogens is 164 g/mol. The Hall–Kier alpha value is -0.690. The SMILES string of the molecule is [CH]=Cc1ccc(SCCC)cc1. The van der Waals surface area contributed by atoms with Crippen molar-refractivity contribution in [1.29, 1.82) is 0 Å². The summed E-state index contributed by atoms with van der Waals surface area (Å²) in [6.45, 7) is 7.56. The van der Waals surface area contributed by atoms with Crippen molar-refractivity contribution in [3.63, 3.8) is 0 Å². The monoisotopic (exact) mass is 177 g/mol. The molecule has 0 nitrogen and oxygen atoms in total. The van der Waals surface area contributed by atoms with E-state index in [4.69, 9.17) is 6.58 Å². The zero-order valence-electron chi connectivity index (χ0n) is 7.29. The van der Waals surface area contributed by atoms with Gasteiger partial charge in [0.15, 0.2) is 0 Å². The molecule has 63 valence electrons. The molecule has 0 fully saturated rings. The highest BCUT2D eigenvalue weighted by molar-refractivity contribution is 7.99. The average molecular weight is 177 g/mol. The maximum absolute atomic E-state index is 5.37. The molecule has 0 bridgehead atoms. The fourth-order valence-electron chi connectivity index (χ4n) is 0.895. The van der Waals surface area contributed by atoms with Gasteiger partial charge in [0.25, 0.3) is 0 Å². The molecule has 0 aliphatic heterocycles. The first-order valence-corrected chi connectivity index (χ1v) is 5.13. The number of benzene rings is 1. The highest BCUT2D eigenvalue weighted by atomic mass is 32.2. The molecule has 1 radical (unpaired) electrons. The van der Waals surface area contributed by atoms with Crippen molar-refractivity contribution in [2.75, 3.05) is 5.75 Å². The number of hydrogen-bond donors (Lipinski definition) is 0. The second kappa shape index (κ2) is 5.04. The minimum atomic E-state index is 1.08. The van der Waals surface area contributed by atoms with Crippen molar-refractivity contribution in [3.05, 3.63) is 36.4 Å². The summed E-state index contributed by atoms with van der Waals surface area (Å²) in [6.07, 6.45) is 2.84. The van der Waals surface area contributed by atoms with E-state index in [1.54, 1.807) is 6.08 Å². The maximum atomic E-state index is 5.37. The van der Waals surface area contributed by atoms with Crippen LogP contribution in [0.4, 0.5) is 0 Å². The summed E-state index contributed by atoms with van der Waals surface area (Å²) in [5.74, 6) is 1.19. The van der Waals surface area contributed by atoms with Gasteiger partial charge in [-0.1, -0.05) is 31.7 Å². The molecule has 0 N–H and O–H groups in total. The lowest BCUT2D eigenvalue weighted by molar-refractivity contribution is 1.10. The molecule has 1 heteroatoms. The summed E-state index contributed by atoms with van der Waals surface area (Å²) in [7, 11) is 0. The summed E-state index contributed by atoms with van der Waals surface area (Å²) in [5, 5.41) is 0. The Bertz CT molecular complexity index is 236. The Morgan fingerprint density at radius 3 is 2.50 bits per heavy atom. The largest absolute Gasteiger partial charge is 0.126 e. The molecule has 0 heterocycles. The van der Waals surface area contributed by atoms with Gasteiger partial charge in [0, 0.05) is 4.90 Å². The zero-order valence-corrected chi connectivity index (χ0v) is 8.10. The molecule has 0 aliphatic rings. The molecule has 1 aromatic carbocycles. The Morgan fingerprint density at radius 1 is 1.33 bits per heavy atom. The van der Waals surface area contributed by atoms with Crippen LogP contribution >= 0.6 is 11.8 Å². The molecule has 0 atom stereocenters. The van der Waals surface area contributed by atoms with Crippen molar-refractivity contribution in [3.8, 4) is 0 Å². The van der Waals surface area contributed by atoms with E-state index in [0.29, 0.717) is 0 Å². The number of hydrogen-bond acceptors (Lipinski definition) is 1. The van der Waals surface area contributed by atoms with E-state index in [1.807, 2.05) is 23.9 Å². The van der Waals surface area contributed by atoms with Crippen LogP contribution in [0.2, 0.25) is 0 Å². The van der Waals surface area contributed by atoms with E-state index in [-0.39, 0.29) is 0 Å². The van der Waals surface area contributed by atoms with E-state index in [1.165, 1.54) is 17.1 Å². The van der Waals surface area contributed by atoms with Crippen LogP contribution in [0.3, 0.4) is 0 Å². The van der Waals surface area contributed by atoms with Crippen molar-refractivity contribution in [2.45, 2.75) is 18.2 Å². The second-order valence-electron chi connectivity index (χ2n) is 2.58. The molecule has 1 rings (SSSR count). The van der Waals surface area contributed by atoms with Gasteiger partial charge in [-0.2, -0.15) is 0 Å². The smallest absolute Gasteiger partial charge is 0.00723 e. The number of rotatable bonds is 4. The molecule has 0 unspecified atom stereocenters. The van der Waals surface area contributed by atoms with Gasteiger partial charge in [0.1, 0.15) is 0 Å². The van der Waals surface area contributed by atoms with E-state index in [0.717, 1.165) is 5.56 Å². The van der Waals surface area contributed by atoms with Gasteiger partial charge < -0.3 is 0 Å². The first kappa shape index (κ1) is 9.40. The maximum Gasteiger partial charge on any atom is 0.00723 e. The zero-order chi connectivity index (χ0) is 8.81. The van der Waals surface area contributed by atoms with Crippen LogP contribution in [0.15, 0.2) is 29.2 Å². The fourth-order valence-corrected chi connectivity index (χ4v) is 1.66. The van der Waals surface area contributed by atoms with Crippen LogP contribution in [0.25, 0.3) is 6.08 Å². The number of thioether (sulfide) groups is 1. The summed E-state index contributed by atoms with van der Waals surface area (Å²) in [5.41, 5.74) is 1.08. The van der Waals surface area contributed by atoms with Gasteiger partial charge in [-0.15, -0.1) is 11.8 Å². The van der Waals surface area contributed by atoms with E-state index < -0.39 is 0 Å². The van der Waals surface area contributed by atoms with Crippen LogP contribution < -0.4 is 0 Å². The normalized spacial score (nSPS) is 9.75. The average Bonchev–Trinajstić information content (AvgIpc) is 2.15. The minimum absolute atomic E-state index is 1.08. The lowest BCUT2D eigenvalue weighted by atomic mass is 10.2. The molecule has 0 saturated heterocycles. The van der Waals surface area contributed by atoms with Crippen LogP contribution in [-0.2, 0) is 0 Å². The van der Waals surface area contributed by atoms with Crippen molar-refractivity contribution < 1.29 is 0 Å². The second-order valence-corrected chi connectivity index (χ2v) is 3.75. The van der Waals surface area contributed by atoms with E-state index in [9.17, 15) is 0 Å². The van der Waals surface area contributed by atoms with Crippen LogP contribution in [0.1, 0.15) is 18.9 Å². The Kier molecular flexibility index (Phi) is 3.95. The van der Waals surface area contributed by atoms with Gasteiger partial charge >= 0.3 is 0 Å². The summed E-state index contributed by atoms with van der Waals surface area (Å²) in [4.78, 5) is 1.32. The summed E-state index contributed by atoms with van der Waals surface area (Å²) < 4.78 is 0. The standard InChI is InChI=1S/C11H13S/c1-3-9-12-11-7-5-10(4-2)6-8-11/h2,4-8H,3,9H2,1H3. The molecule has 1 aromatic rings. The Balaban J connectivity index is 2.58. The van der Waals surface area contributed by atoms with Crippen molar-refractivity contribution >= 4 is 17.8 Å². The van der Waals surface area contributed by atoms with Gasteiger partial charge in [-0.05, 0) is 29.9 Å². The molecule has 0 amide bonds. The Labute approximate surface area is 78.7 Å². The lowest BCUT2D eigenvalue weighted by Gasteiger charge is -1.99. The molecular formula is C11H13S. The minimum Gasteiger partial charge on any atom is -0.126 e. The fraction of sp³-hybridized carbons (Fsp3) is 0.273. The third-order valence-corrected chi connectivity index (χ3v) is 2.76. The van der Waals surface area contributed by atoms with Gasteiger partial charge in [0.05, 0.1) is 0 Å². The quantitative estimate of drug-likeness (QED) is 0.633. The van der Waals surface area contributed by atoms with Crippen LogP contribution in [0.5, 0.6) is 0 Å².